The van der Waals surface area contributed by atoms with Gasteiger partial charge in [0, 0.05) is 0 Å². The van der Waals surface area contributed by atoms with Gasteiger partial charge in [0.25, 0.3) is 0 Å². The van der Waals surface area contributed by atoms with Crippen LogP contribution in [0.5, 0.6) is 0 Å². The summed E-state index contributed by atoms with van der Waals surface area (Å²) < 4.78 is -2.89. The molecule has 1 rings (SSSR count). The molecule has 1 saturated carbocycles. The molecule has 0 spiro atoms. The van der Waals surface area contributed by atoms with E-state index in [1.54, 1.807) is 0 Å². The third kappa shape index (κ3) is 1.76. The highest BCUT2D eigenvalue weighted by molar-refractivity contribution is 6.67. The van der Waals surface area contributed by atoms with E-state index in [-0.39, 0.29) is 0 Å². The van der Waals surface area contributed by atoms with E-state index in [0.29, 0.717) is 18.2 Å². The summed E-state index contributed by atoms with van der Waals surface area (Å²) in [5, 5.41) is -0.147. The van der Waals surface area contributed by atoms with Gasteiger partial charge in [-0.1, -0.05) is 46.4 Å². The average Bonchev–Trinajstić information content (AvgIpc) is 1.96. The lowest BCUT2D eigenvalue weighted by molar-refractivity contribution is 0.528. The molecule has 1 aliphatic carbocycles. The molecule has 1 unspecified atom stereocenters. The molecule has 0 aliphatic heterocycles. The third-order valence-corrected chi connectivity index (χ3v) is 5.74. The van der Waals surface area contributed by atoms with E-state index in [4.69, 9.17) is 69.6 Å². The summed E-state index contributed by atoms with van der Waals surface area (Å²) in [4.78, 5) is 0. The van der Waals surface area contributed by atoms with Gasteiger partial charge in [0.15, 0.2) is 8.67 Å². The SMILES string of the molecule is Cl[C]1CCC(Cl)C(Cl)(Cl)C1(Cl)Cl. The molecule has 1 aliphatic rings. The molecule has 1 fully saturated rings. The first-order valence-electron chi connectivity index (χ1n) is 3.21. The van der Waals surface area contributed by atoms with Gasteiger partial charge in [-0.3, -0.25) is 0 Å². The van der Waals surface area contributed by atoms with Crippen molar-refractivity contribution in [3.8, 4) is 0 Å². The van der Waals surface area contributed by atoms with E-state index in [1.165, 1.54) is 0 Å². The Morgan fingerprint density at radius 1 is 1.17 bits per heavy atom. The Labute approximate surface area is 101 Å². The number of alkyl halides is 5. The minimum atomic E-state index is -1.47. The highest BCUT2D eigenvalue weighted by Crippen LogP contribution is 2.58. The second-order valence-electron chi connectivity index (χ2n) is 2.61. The fourth-order valence-corrected chi connectivity index (χ4v) is 2.61. The molecule has 12 heavy (non-hydrogen) atoms. The summed E-state index contributed by atoms with van der Waals surface area (Å²) in [5.41, 5.74) is 0. The maximum Gasteiger partial charge on any atom is 0.173 e. The summed E-state index contributed by atoms with van der Waals surface area (Å²) in [5.74, 6) is 0. The summed E-state index contributed by atoms with van der Waals surface area (Å²) >= 11 is 35.1. The van der Waals surface area contributed by atoms with Crippen LogP contribution in [0.25, 0.3) is 0 Å². The molecular formula is C6H5Cl6. The van der Waals surface area contributed by atoms with Gasteiger partial charge < -0.3 is 0 Å². The zero-order valence-electron chi connectivity index (χ0n) is 5.76. The highest BCUT2D eigenvalue weighted by Gasteiger charge is 2.59. The van der Waals surface area contributed by atoms with Gasteiger partial charge in [-0.05, 0) is 12.8 Å². The first-order chi connectivity index (χ1) is 5.30. The van der Waals surface area contributed by atoms with Crippen LogP contribution in [0.1, 0.15) is 12.8 Å². The van der Waals surface area contributed by atoms with Crippen LogP contribution in [0, 0.1) is 5.38 Å². The van der Waals surface area contributed by atoms with Gasteiger partial charge in [0.2, 0.25) is 0 Å². The fourth-order valence-electron chi connectivity index (χ4n) is 0.969. The Morgan fingerprint density at radius 2 is 1.67 bits per heavy atom. The van der Waals surface area contributed by atoms with Gasteiger partial charge in [0.05, 0.1) is 5.38 Å². The third-order valence-electron chi connectivity index (χ3n) is 1.77. The number of rotatable bonds is 0. The molecular weight excluding hydrogens is 285 g/mol. The molecule has 0 N–H and O–H groups in total. The summed E-state index contributed by atoms with van der Waals surface area (Å²) in [7, 11) is 0. The van der Waals surface area contributed by atoms with Crippen LogP contribution in [0.2, 0.25) is 0 Å². The maximum absolute atomic E-state index is 5.87. The van der Waals surface area contributed by atoms with Gasteiger partial charge in [-0.2, -0.15) is 0 Å². The first-order valence-corrected chi connectivity index (χ1v) is 5.54. The van der Waals surface area contributed by atoms with Crippen molar-refractivity contribution in [3.63, 3.8) is 0 Å². The van der Waals surface area contributed by atoms with Crippen LogP contribution < -0.4 is 0 Å². The second kappa shape index (κ2) is 3.72. The molecule has 1 atom stereocenters. The van der Waals surface area contributed by atoms with E-state index in [0.717, 1.165) is 0 Å². The van der Waals surface area contributed by atoms with Crippen LogP contribution in [0.3, 0.4) is 0 Å². The van der Waals surface area contributed by atoms with Crippen molar-refractivity contribution >= 4 is 69.6 Å². The highest BCUT2D eigenvalue weighted by atomic mass is 35.5. The van der Waals surface area contributed by atoms with Gasteiger partial charge in [-0.15, -0.1) is 23.2 Å². The lowest BCUT2D eigenvalue weighted by Crippen LogP contribution is -2.50. The quantitative estimate of drug-likeness (QED) is 0.576. The lowest BCUT2D eigenvalue weighted by Gasteiger charge is -2.42. The van der Waals surface area contributed by atoms with Crippen LogP contribution >= 0.6 is 69.6 Å². The van der Waals surface area contributed by atoms with Gasteiger partial charge in [-0.25, -0.2) is 0 Å². The number of hydrogen-bond donors (Lipinski definition) is 0. The average molecular weight is 290 g/mol. The minimum Gasteiger partial charge on any atom is -0.120 e. The Kier molecular flexibility index (Phi) is 3.66. The van der Waals surface area contributed by atoms with Crippen molar-refractivity contribution in [3.05, 3.63) is 5.38 Å². The molecule has 6 heteroatoms. The Hall–Kier alpha value is 1.74. The Bertz CT molecular complexity index is 157. The van der Waals surface area contributed by atoms with Crippen LogP contribution in [0.4, 0.5) is 0 Å². The van der Waals surface area contributed by atoms with Crippen molar-refractivity contribution < 1.29 is 0 Å². The summed E-state index contributed by atoms with van der Waals surface area (Å²) in [6.07, 6.45) is 1.11. The van der Waals surface area contributed by atoms with Crippen molar-refractivity contribution in [2.45, 2.75) is 26.9 Å². The topological polar surface area (TPSA) is 0 Å². The van der Waals surface area contributed by atoms with Crippen molar-refractivity contribution in [2.24, 2.45) is 0 Å². The van der Waals surface area contributed by atoms with Gasteiger partial charge in [0.1, 0.15) is 5.38 Å². The standard InChI is InChI=1S/C6H5Cl6/c7-3-1-2-4(8)6(11,12)5(3,9)10/h3H,1-2H2. The molecule has 0 aromatic carbocycles. The molecule has 71 valence electrons. The summed E-state index contributed by atoms with van der Waals surface area (Å²) in [6, 6.07) is 0. The van der Waals surface area contributed by atoms with E-state index in [9.17, 15) is 0 Å². The number of halogens is 6. The van der Waals surface area contributed by atoms with Crippen LogP contribution in [0.15, 0.2) is 0 Å². The predicted molar refractivity (Wildman–Crippen MR) is 56.8 cm³/mol. The maximum atomic E-state index is 5.87. The normalized spacial score (nSPS) is 35.0. The van der Waals surface area contributed by atoms with E-state index in [1.807, 2.05) is 0 Å². The van der Waals surface area contributed by atoms with E-state index < -0.39 is 14.0 Å². The van der Waals surface area contributed by atoms with Crippen molar-refractivity contribution in [1.29, 1.82) is 0 Å². The van der Waals surface area contributed by atoms with Crippen molar-refractivity contribution in [2.75, 3.05) is 0 Å². The lowest BCUT2D eigenvalue weighted by atomic mass is 9.97. The second-order valence-corrected chi connectivity index (χ2v) is 6.30. The first kappa shape index (κ1) is 11.8. The minimum absolute atomic E-state index is 0.340. The monoisotopic (exact) mass is 287 g/mol. The molecule has 0 aromatic heterocycles. The Morgan fingerprint density at radius 3 is 2.08 bits per heavy atom. The van der Waals surface area contributed by atoms with Crippen LogP contribution in [-0.4, -0.2) is 14.0 Å². The van der Waals surface area contributed by atoms with Crippen molar-refractivity contribution in [1.82, 2.24) is 0 Å². The predicted octanol–water partition coefficient (Wildman–Crippen LogP) is 4.51. The summed E-state index contributed by atoms with van der Waals surface area (Å²) in [6.45, 7) is 0. The number of hydrogen-bond acceptors (Lipinski definition) is 0. The Balaban J connectivity index is 2.92. The molecule has 0 aromatic rings. The zero-order valence-corrected chi connectivity index (χ0v) is 10.3. The van der Waals surface area contributed by atoms with Gasteiger partial charge >= 0.3 is 0 Å². The largest absolute Gasteiger partial charge is 0.173 e. The zero-order chi connectivity index (χ0) is 9.57. The van der Waals surface area contributed by atoms with Crippen LogP contribution in [-0.2, 0) is 0 Å². The molecule has 0 saturated heterocycles. The molecule has 0 amide bonds. The molecule has 0 nitrogen and oxygen atoms in total. The molecule has 0 bridgehead atoms. The fraction of sp³-hybridized carbons (Fsp3) is 0.833. The molecule has 1 radical (unpaired) electrons. The van der Waals surface area contributed by atoms with E-state index in [2.05, 4.69) is 0 Å². The smallest absolute Gasteiger partial charge is 0.120 e. The molecule has 0 heterocycles. The van der Waals surface area contributed by atoms with E-state index >= 15 is 0 Å².